The number of benzene rings is 1. The predicted molar refractivity (Wildman–Crippen MR) is 75.5 cm³/mol. The third-order valence-electron chi connectivity index (χ3n) is 2.95. The number of nitrogens with two attached hydrogens (primary N) is 2. The van der Waals surface area contributed by atoms with Gasteiger partial charge in [0.1, 0.15) is 5.82 Å². The minimum absolute atomic E-state index is 0.175. The lowest BCUT2D eigenvalue weighted by Gasteiger charge is -2.06. The summed E-state index contributed by atoms with van der Waals surface area (Å²) in [5.41, 5.74) is 15.1. The Kier molecular flexibility index (Phi) is 3.00. The summed E-state index contributed by atoms with van der Waals surface area (Å²) in [4.78, 5) is 7.92. The summed E-state index contributed by atoms with van der Waals surface area (Å²) in [5.74, 6) is 0.552. The van der Waals surface area contributed by atoms with Gasteiger partial charge in [0.15, 0.2) is 0 Å². The van der Waals surface area contributed by atoms with Crippen molar-refractivity contribution < 1.29 is 0 Å². The van der Waals surface area contributed by atoms with Crippen molar-refractivity contribution in [1.82, 2.24) is 25.4 Å². The van der Waals surface area contributed by atoms with Crippen LogP contribution in [0.2, 0.25) is 0 Å². The van der Waals surface area contributed by atoms with Gasteiger partial charge in [-0.3, -0.25) is 0 Å². The SMILES string of the molecule is Nc1ncc(-c2ccc(Cc3cn[nH]n3)cc2)c(N)n1. The van der Waals surface area contributed by atoms with Crippen LogP contribution in [0.25, 0.3) is 11.1 Å². The van der Waals surface area contributed by atoms with Crippen molar-refractivity contribution >= 4 is 11.8 Å². The first-order chi connectivity index (χ1) is 9.72. The van der Waals surface area contributed by atoms with Crippen LogP contribution in [0.3, 0.4) is 0 Å². The zero-order valence-corrected chi connectivity index (χ0v) is 10.6. The van der Waals surface area contributed by atoms with E-state index < -0.39 is 0 Å². The first kappa shape index (κ1) is 12.1. The predicted octanol–water partition coefficient (Wildman–Crippen LogP) is 1.02. The van der Waals surface area contributed by atoms with Crippen LogP contribution in [0.1, 0.15) is 11.3 Å². The highest BCUT2D eigenvalue weighted by Crippen LogP contribution is 2.24. The molecule has 0 aliphatic heterocycles. The number of nitrogens with one attached hydrogen (secondary N) is 1. The fourth-order valence-electron chi connectivity index (χ4n) is 1.95. The van der Waals surface area contributed by atoms with E-state index in [1.165, 1.54) is 0 Å². The van der Waals surface area contributed by atoms with Gasteiger partial charge >= 0.3 is 0 Å². The second kappa shape index (κ2) is 4.96. The molecule has 0 spiro atoms. The molecule has 0 radical (unpaired) electrons. The third-order valence-corrected chi connectivity index (χ3v) is 2.95. The number of H-pyrrole nitrogens is 1. The Morgan fingerprint density at radius 1 is 1.05 bits per heavy atom. The number of rotatable bonds is 3. The van der Waals surface area contributed by atoms with Crippen LogP contribution in [0.5, 0.6) is 0 Å². The molecule has 0 saturated heterocycles. The molecule has 3 rings (SSSR count). The summed E-state index contributed by atoms with van der Waals surface area (Å²) in [7, 11) is 0. The second-order valence-electron chi connectivity index (χ2n) is 4.36. The summed E-state index contributed by atoms with van der Waals surface area (Å²) in [6, 6.07) is 7.97. The fraction of sp³-hybridized carbons (Fsp3) is 0.0769. The van der Waals surface area contributed by atoms with Gasteiger partial charge < -0.3 is 11.5 Å². The largest absolute Gasteiger partial charge is 0.383 e. The van der Waals surface area contributed by atoms with Gasteiger partial charge in [0.2, 0.25) is 5.95 Å². The number of aromatic nitrogens is 5. The first-order valence-electron chi connectivity index (χ1n) is 6.04. The van der Waals surface area contributed by atoms with Crippen LogP contribution >= 0.6 is 0 Å². The molecule has 0 unspecified atom stereocenters. The van der Waals surface area contributed by atoms with E-state index in [2.05, 4.69) is 25.4 Å². The molecule has 0 fully saturated rings. The van der Waals surface area contributed by atoms with E-state index >= 15 is 0 Å². The van der Waals surface area contributed by atoms with Gasteiger partial charge in [-0.2, -0.15) is 20.4 Å². The first-order valence-corrected chi connectivity index (χ1v) is 6.04. The molecule has 3 aromatic rings. The molecule has 0 aliphatic carbocycles. The zero-order chi connectivity index (χ0) is 13.9. The average molecular weight is 267 g/mol. The Labute approximate surface area is 115 Å². The van der Waals surface area contributed by atoms with E-state index in [4.69, 9.17) is 11.5 Å². The van der Waals surface area contributed by atoms with E-state index in [1.807, 2.05) is 24.3 Å². The smallest absolute Gasteiger partial charge is 0.221 e. The molecular weight excluding hydrogens is 254 g/mol. The molecule has 7 nitrogen and oxygen atoms in total. The van der Waals surface area contributed by atoms with E-state index in [0.717, 1.165) is 28.8 Å². The van der Waals surface area contributed by atoms with Crippen LogP contribution in [0, 0.1) is 0 Å². The quantitative estimate of drug-likeness (QED) is 0.651. The topological polar surface area (TPSA) is 119 Å². The lowest BCUT2D eigenvalue weighted by molar-refractivity contribution is 0.915. The van der Waals surface area contributed by atoms with Crippen LogP contribution in [-0.4, -0.2) is 25.4 Å². The fourth-order valence-corrected chi connectivity index (χ4v) is 1.95. The van der Waals surface area contributed by atoms with E-state index in [1.54, 1.807) is 12.4 Å². The van der Waals surface area contributed by atoms with Crippen LogP contribution in [0.15, 0.2) is 36.7 Å². The Hall–Kier alpha value is -2.96. The molecule has 20 heavy (non-hydrogen) atoms. The van der Waals surface area contributed by atoms with E-state index in [0.29, 0.717) is 5.82 Å². The van der Waals surface area contributed by atoms with Crippen LogP contribution in [0.4, 0.5) is 11.8 Å². The normalized spacial score (nSPS) is 10.6. The van der Waals surface area contributed by atoms with Gasteiger partial charge in [0.05, 0.1) is 11.9 Å². The molecule has 1 aromatic carbocycles. The number of aromatic amines is 1. The molecular formula is C13H13N7. The zero-order valence-electron chi connectivity index (χ0n) is 10.6. The number of hydrogen-bond acceptors (Lipinski definition) is 6. The molecule has 2 heterocycles. The van der Waals surface area contributed by atoms with Crippen molar-refractivity contribution in [2.24, 2.45) is 0 Å². The van der Waals surface area contributed by atoms with Gasteiger partial charge in [-0.1, -0.05) is 24.3 Å². The lowest BCUT2D eigenvalue weighted by atomic mass is 10.0. The van der Waals surface area contributed by atoms with Gasteiger partial charge in [-0.15, -0.1) is 0 Å². The Morgan fingerprint density at radius 3 is 2.50 bits per heavy atom. The standard InChI is InChI=1S/C13H13N7/c14-12-11(7-16-13(15)18-12)9-3-1-8(2-4-9)5-10-6-17-20-19-10/h1-4,6-7H,5H2,(H,17,19,20)(H4,14,15,16,18). The molecule has 7 heteroatoms. The molecule has 0 atom stereocenters. The van der Waals surface area contributed by atoms with E-state index in [9.17, 15) is 0 Å². The molecule has 2 aromatic heterocycles. The summed E-state index contributed by atoms with van der Waals surface area (Å²) in [5, 5.41) is 10.4. The minimum atomic E-state index is 0.175. The maximum atomic E-state index is 5.85. The highest BCUT2D eigenvalue weighted by molar-refractivity contribution is 5.73. The van der Waals surface area contributed by atoms with Gasteiger partial charge in [-0.25, -0.2) is 4.98 Å². The lowest BCUT2D eigenvalue weighted by Crippen LogP contribution is -2.01. The molecule has 0 aliphatic rings. The van der Waals surface area contributed by atoms with Crippen molar-refractivity contribution in [1.29, 1.82) is 0 Å². The maximum Gasteiger partial charge on any atom is 0.221 e. The monoisotopic (exact) mass is 267 g/mol. The van der Waals surface area contributed by atoms with Gasteiger partial charge in [0.25, 0.3) is 0 Å². The van der Waals surface area contributed by atoms with Crippen LogP contribution < -0.4 is 11.5 Å². The van der Waals surface area contributed by atoms with Crippen molar-refractivity contribution in [3.05, 3.63) is 47.9 Å². The Balaban J connectivity index is 1.85. The summed E-state index contributed by atoms with van der Waals surface area (Å²) in [6.45, 7) is 0. The van der Waals surface area contributed by atoms with Crippen molar-refractivity contribution in [3.8, 4) is 11.1 Å². The summed E-state index contributed by atoms with van der Waals surface area (Å²) in [6.07, 6.45) is 4.06. The number of nitrogens with zero attached hydrogens (tertiary/aromatic N) is 4. The van der Waals surface area contributed by atoms with E-state index in [-0.39, 0.29) is 5.95 Å². The maximum absolute atomic E-state index is 5.85. The molecule has 100 valence electrons. The van der Waals surface area contributed by atoms with Crippen LogP contribution in [-0.2, 0) is 6.42 Å². The highest BCUT2D eigenvalue weighted by Gasteiger charge is 2.06. The number of nitrogen functional groups attached to an aromatic ring is 2. The molecule has 5 N–H and O–H groups in total. The second-order valence-corrected chi connectivity index (χ2v) is 4.36. The Morgan fingerprint density at radius 2 is 1.85 bits per heavy atom. The third kappa shape index (κ3) is 2.41. The van der Waals surface area contributed by atoms with Crippen molar-refractivity contribution in [2.45, 2.75) is 6.42 Å². The van der Waals surface area contributed by atoms with Crippen molar-refractivity contribution in [3.63, 3.8) is 0 Å². The van der Waals surface area contributed by atoms with Gasteiger partial charge in [-0.05, 0) is 11.1 Å². The summed E-state index contributed by atoms with van der Waals surface area (Å²) < 4.78 is 0. The van der Waals surface area contributed by atoms with Crippen molar-refractivity contribution in [2.75, 3.05) is 11.5 Å². The Bertz CT molecular complexity index is 704. The average Bonchev–Trinajstić information content (AvgIpc) is 2.93. The molecule has 0 bridgehead atoms. The number of hydrogen-bond donors (Lipinski definition) is 3. The summed E-state index contributed by atoms with van der Waals surface area (Å²) >= 11 is 0. The number of anilines is 2. The highest BCUT2D eigenvalue weighted by atomic mass is 15.3. The molecule has 0 saturated carbocycles. The molecule has 0 amide bonds. The van der Waals surface area contributed by atoms with Gasteiger partial charge in [0, 0.05) is 18.2 Å². The minimum Gasteiger partial charge on any atom is -0.383 e.